The third-order valence-corrected chi connectivity index (χ3v) is 2.21. The summed E-state index contributed by atoms with van der Waals surface area (Å²) in [5.41, 5.74) is 0. The molecule has 0 atom stereocenters. The van der Waals surface area contributed by atoms with Crippen molar-refractivity contribution in [3.8, 4) is 0 Å². The molecule has 0 unspecified atom stereocenters. The summed E-state index contributed by atoms with van der Waals surface area (Å²) in [6.45, 7) is 0. The summed E-state index contributed by atoms with van der Waals surface area (Å²) in [7, 11) is 0. The van der Waals surface area contributed by atoms with Gasteiger partial charge in [0.1, 0.15) is 0 Å². The molecule has 48 valence electrons. The first-order valence-electron chi connectivity index (χ1n) is 1.89. The van der Waals surface area contributed by atoms with Gasteiger partial charge in [-0.25, -0.2) is 0 Å². The van der Waals surface area contributed by atoms with Crippen LogP contribution < -0.4 is 0 Å². The van der Waals surface area contributed by atoms with Crippen LogP contribution in [0.15, 0.2) is 3.92 Å². The summed E-state index contributed by atoms with van der Waals surface area (Å²) in [5, 5.41) is 6.61. The first kappa shape index (κ1) is 7.11. The largest absolute Gasteiger partial charge is 0.283 e. The monoisotopic (exact) mass is 226 g/mol. The Morgan fingerprint density at radius 1 is 1.67 bits per heavy atom. The number of halogens is 2. The summed E-state index contributed by atoms with van der Waals surface area (Å²) in [6.07, 6.45) is 0. The van der Waals surface area contributed by atoms with Gasteiger partial charge in [0.15, 0.2) is 3.92 Å². The third-order valence-electron chi connectivity index (χ3n) is 0.568. The number of hydrogen-bond donors (Lipinski definition) is 0. The van der Waals surface area contributed by atoms with E-state index in [4.69, 9.17) is 11.6 Å². The molecule has 0 aliphatic heterocycles. The smallest absolute Gasteiger partial charge is 0.273 e. The van der Waals surface area contributed by atoms with Gasteiger partial charge in [0.2, 0.25) is 5.01 Å². The topological polar surface area (TPSA) is 42.9 Å². The van der Waals surface area contributed by atoms with Crippen molar-refractivity contribution in [1.82, 2.24) is 10.2 Å². The zero-order valence-electron chi connectivity index (χ0n) is 3.97. The van der Waals surface area contributed by atoms with E-state index in [9.17, 15) is 4.79 Å². The molecular weight excluding hydrogens is 227 g/mol. The van der Waals surface area contributed by atoms with Gasteiger partial charge in [0.05, 0.1) is 0 Å². The lowest BCUT2D eigenvalue weighted by Gasteiger charge is -1.73. The Morgan fingerprint density at radius 3 is 2.56 bits per heavy atom. The van der Waals surface area contributed by atoms with Gasteiger partial charge in [-0.1, -0.05) is 11.3 Å². The van der Waals surface area contributed by atoms with E-state index in [1.54, 1.807) is 0 Å². The molecule has 0 aliphatic rings. The van der Waals surface area contributed by atoms with E-state index in [0.29, 0.717) is 3.92 Å². The van der Waals surface area contributed by atoms with Crippen molar-refractivity contribution >= 4 is 44.1 Å². The van der Waals surface area contributed by atoms with Crippen LogP contribution >= 0.6 is 38.9 Å². The van der Waals surface area contributed by atoms with Crippen molar-refractivity contribution in [3.63, 3.8) is 0 Å². The van der Waals surface area contributed by atoms with E-state index in [-0.39, 0.29) is 5.01 Å². The Kier molecular flexibility index (Phi) is 2.15. The zero-order valence-corrected chi connectivity index (χ0v) is 7.13. The molecule has 1 heterocycles. The van der Waals surface area contributed by atoms with Crippen LogP contribution in [-0.2, 0) is 0 Å². The maximum absolute atomic E-state index is 10.3. The molecule has 0 saturated heterocycles. The normalized spacial score (nSPS) is 9.56. The molecule has 1 aromatic heterocycles. The van der Waals surface area contributed by atoms with E-state index in [0.717, 1.165) is 11.3 Å². The molecule has 0 N–H and O–H groups in total. The molecule has 0 aromatic carbocycles. The van der Waals surface area contributed by atoms with Crippen LogP contribution in [0.4, 0.5) is 0 Å². The Hall–Kier alpha value is -0.0000000000000000833. The van der Waals surface area contributed by atoms with E-state index in [1.165, 1.54) is 0 Å². The minimum absolute atomic E-state index is 0.212. The molecule has 0 radical (unpaired) electrons. The minimum atomic E-state index is -0.571. The molecule has 0 aliphatic carbocycles. The summed E-state index contributed by atoms with van der Waals surface area (Å²) >= 11 is 9.21. The molecule has 1 aromatic rings. The summed E-state index contributed by atoms with van der Waals surface area (Å²) in [6, 6.07) is 0. The van der Waals surface area contributed by atoms with Crippen LogP contribution in [0.3, 0.4) is 0 Å². The molecule has 0 saturated carbocycles. The first-order chi connectivity index (χ1) is 4.20. The molecule has 0 bridgehead atoms. The number of rotatable bonds is 1. The number of nitrogens with zero attached hydrogens (tertiary/aromatic N) is 2. The molecule has 0 fully saturated rings. The second kappa shape index (κ2) is 2.72. The fourth-order valence-electron chi connectivity index (χ4n) is 0.285. The molecule has 9 heavy (non-hydrogen) atoms. The van der Waals surface area contributed by atoms with Crippen LogP contribution in [0.1, 0.15) is 9.80 Å². The Labute approximate surface area is 68.2 Å². The second-order valence-electron chi connectivity index (χ2n) is 1.13. The predicted molar refractivity (Wildman–Crippen MR) is 37.8 cm³/mol. The second-order valence-corrected chi connectivity index (χ2v) is 3.73. The molecule has 0 spiro atoms. The molecular formula is C3BrClN2OS. The Bertz CT molecular complexity index is 237. The van der Waals surface area contributed by atoms with Gasteiger partial charge in [-0.2, -0.15) is 0 Å². The maximum atomic E-state index is 10.3. The average Bonchev–Trinajstić information content (AvgIpc) is 2.14. The molecule has 6 heteroatoms. The summed E-state index contributed by atoms with van der Waals surface area (Å²) in [5.74, 6) is 0. The molecule has 1 rings (SSSR count). The van der Waals surface area contributed by atoms with Gasteiger partial charge in [0, 0.05) is 0 Å². The average molecular weight is 227 g/mol. The highest BCUT2D eigenvalue weighted by Crippen LogP contribution is 2.16. The van der Waals surface area contributed by atoms with E-state index >= 15 is 0 Å². The van der Waals surface area contributed by atoms with Gasteiger partial charge in [-0.3, -0.25) is 4.79 Å². The lowest BCUT2D eigenvalue weighted by Crippen LogP contribution is -1.84. The van der Waals surface area contributed by atoms with Crippen LogP contribution in [0.5, 0.6) is 0 Å². The highest BCUT2D eigenvalue weighted by Gasteiger charge is 2.06. The van der Waals surface area contributed by atoms with Crippen molar-refractivity contribution in [3.05, 3.63) is 8.92 Å². The van der Waals surface area contributed by atoms with Gasteiger partial charge in [0.25, 0.3) is 5.24 Å². The number of aromatic nitrogens is 2. The van der Waals surface area contributed by atoms with Gasteiger partial charge in [-0.15, -0.1) is 10.2 Å². The summed E-state index contributed by atoms with van der Waals surface area (Å²) < 4.78 is 0.562. The van der Waals surface area contributed by atoms with Gasteiger partial charge in [-0.05, 0) is 27.5 Å². The lowest BCUT2D eigenvalue weighted by molar-refractivity contribution is 0.108. The van der Waals surface area contributed by atoms with Crippen molar-refractivity contribution in [2.24, 2.45) is 0 Å². The van der Waals surface area contributed by atoms with E-state index < -0.39 is 5.24 Å². The lowest BCUT2D eigenvalue weighted by atomic mass is 10.8. The number of carbonyl (C=O) groups excluding carboxylic acids is 1. The maximum Gasteiger partial charge on any atom is 0.283 e. The van der Waals surface area contributed by atoms with Crippen molar-refractivity contribution in [2.75, 3.05) is 0 Å². The Morgan fingerprint density at radius 2 is 2.33 bits per heavy atom. The third kappa shape index (κ3) is 1.70. The number of hydrogen-bond acceptors (Lipinski definition) is 4. The minimum Gasteiger partial charge on any atom is -0.273 e. The highest BCUT2D eigenvalue weighted by atomic mass is 79.9. The van der Waals surface area contributed by atoms with Crippen molar-refractivity contribution < 1.29 is 4.79 Å². The highest BCUT2D eigenvalue weighted by molar-refractivity contribution is 9.11. The Balaban J connectivity index is 2.98. The number of carbonyl (C=O) groups is 1. The van der Waals surface area contributed by atoms with Gasteiger partial charge >= 0.3 is 0 Å². The standard InChI is InChI=1S/C3BrClN2OS/c4-3-7-6-2(9-3)1(5)8. The summed E-state index contributed by atoms with van der Waals surface area (Å²) in [4.78, 5) is 10.3. The fraction of sp³-hybridized carbons (Fsp3) is 0. The zero-order chi connectivity index (χ0) is 6.85. The van der Waals surface area contributed by atoms with Crippen molar-refractivity contribution in [1.29, 1.82) is 0 Å². The van der Waals surface area contributed by atoms with Crippen LogP contribution in [0, 0.1) is 0 Å². The predicted octanol–water partition coefficient (Wildman–Crippen LogP) is 1.68. The fourth-order valence-corrected chi connectivity index (χ4v) is 1.38. The molecule has 0 amide bonds. The van der Waals surface area contributed by atoms with E-state index in [1.807, 2.05) is 0 Å². The SMILES string of the molecule is O=C(Cl)c1nnc(Br)s1. The first-order valence-corrected chi connectivity index (χ1v) is 3.88. The van der Waals surface area contributed by atoms with Crippen LogP contribution in [0.2, 0.25) is 0 Å². The molecule has 3 nitrogen and oxygen atoms in total. The van der Waals surface area contributed by atoms with Crippen LogP contribution in [-0.4, -0.2) is 15.4 Å². The van der Waals surface area contributed by atoms with E-state index in [2.05, 4.69) is 26.1 Å². The quantitative estimate of drug-likeness (QED) is 0.686. The van der Waals surface area contributed by atoms with Crippen molar-refractivity contribution in [2.45, 2.75) is 0 Å². The van der Waals surface area contributed by atoms with Crippen LogP contribution in [0.25, 0.3) is 0 Å². The van der Waals surface area contributed by atoms with Gasteiger partial charge < -0.3 is 0 Å².